The van der Waals surface area contributed by atoms with Gasteiger partial charge in [-0.15, -0.1) is 0 Å². The van der Waals surface area contributed by atoms with Crippen molar-refractivity contribution in [1.29, 1.82) is 0 Å². The minimum Gasteiger partial charge on any atom is -0.348 e. The molecule has 10 nitrogen and oxygen atoms in total. The number of nitro benzene ring substituents is 2. The molecule has 0 saturated heterocycles. The van der Waals surface area contributed by atoms with Crippen LogP contribution < -0.4 is 5.32 Å². The van der Waals surface area contributed by atoms with Crippen molar-refractivity contribution >= 4 is 49.7 Å². The summed E-state index contributed by atoms with van der Waals surface area (Å²) in [4.78, 5) is 20.9. The Bertz CT molecular complexity index is 941. The zero-order chi connectivity index (χ0) is 16.6. The van der Waals surface area contributed by atoms with E-state index in [1.165, 1.54) is 24.3 Å². The molecule has 0 unspecified atom stereocenters. The van der Waals surface area contributed by atoms with Crippen molar-refractivity contribution in [2.75, 3.05) is 5.32 Å². The van der Waals surface area contributed by atoms with Gasteiger partial charge in [0.15, 0.2) is 5.52 Å². The predicted octanol–water partition coefficient (Wildman–Crippen LogP) is 3.55. The highest BCUT2D eigenvalue weighted by molar-refractivity contribution is 9.10. The summed E-state index contributed by atoms with van der Waals surface area (Å²) in [6.45, 7) is 0. The van der Waals surface area contributed by atoms with Crippen LogP contribution in [0, 0.1) is 20.2 Å². The molecule has 1 heterocycles. The Morgan fingerprint density at radius 2 is 1.61 bits per heavy atom. The van der Waals surface area contributed by atoms with Crippen molar-refractivity contribution < 1.29 is 14.5 Å². The average Bonchev–Trinajstić information content (AvgIpc) is 2.98. The number of non-ortho nitro benzene ring substituents is 1. The van der Waals surface area contributed by atoms with Gasteiger partial charge >= 0.3 is 5.69 Å². The summed E-state index contributed by atoms with van der Waals surface area (Å²) in [7, 11) is 0. The van der Waals surface area contributed by atoms with Crippen LogP contribution in [0.3, 0.4) is 0 Å². The summed E-state index contributed by atoms with van der Waals surface area (Å²) in [5.41, 5.74) is 0.143. The number of nitrogens with one attached hydrogen (secondary N) is 1. The van der Waals surface area contributed by atoms with Gasteiger partial charge in [-0.25, -0.2) is 4.63 Å². The zero-order valence-electron chi connectivity index (χ0n) is 11.1. The second-order valence-corrected chi connectivity index (χ2v) is 5.31. The van der Waals surface area contributed by atoms with Gasteiger partial charge in [0.1, 0.15) is 5.69 Å². The van der Waals surface area contributed by atoms with E-state index in [4.69, 9.17) is 0 Å². The maximum absolute atomic E-state index is 11.1. The molecule has 11 heteroatoms. The Kier molecular flexibility index (Phi) is 3.62. The Balaban J connectivity index is 2.10. The van der Waals surface area contributed by atoms with E-state index in [1.54, 1.807) is 6.07 Å². The van der Waals surface area contributed by atoms with Crippen LogP contribution in [0.1, 0.15) is 0 Å². The number of nitrogens with zero attached hydrogens (tertiary/aromatic N) is 4. The molecule has 0 amide bonds. The molecule has 3 rings (SSSR count). The van der Waals surface area contributed by atoms with E-state index in [0.29, 0.717) is 10.2 Å². The van der Waals surface area contributed by atoms with Gasteiger partial charge in [0.25, 0.3) is 5.69 Å². The molecule has 0 aliphatic rings. The van der Waals surface area contributed by atoms with Gasteiger partial charge in [0.05, 0.1) is 15.5 Å². The lowest BCUT2D eigenvalue weighted by Gasteiger charge is -2.07. The first-order chi connectivity index (χ1) is 11.0. The third kappa shape index (κ3) is 2.68. The van der Waals surface area contributed by atoms with Crippen LogP contribution in [0.15, 0.2) is 39.4 Å². The maximum Gasteiger partial charge on any atom is 0.300 e. The molecule has 0 aliphatic carbocycles. The summed E-state index contributed by atoms with van der Waals surface area (Å²) in [5.74, 6) is 0. The normalized spacial score (nSPS) is 10.7. The Morgan fingerprint density at radius 3 is 2.30 bits per heavy atom. The van der Waals surface area contributed by atoms with Crippen LogP contribution in [-0.2, 0) is 0 Å². The lowest BCUT2D eigenvalue weighted by Crippen LogP contribution is -1.98. The van der Waals surface area contributed by atoms with Crippen LogP contribution in [0.2, 0.25) is 0 Å². The van der Waals surface area contributed by atoms with Gasteiger partial charge in [0.2, 0.25) is 5.52 Å². The molecule has 0 fully saturated rings. The second-order valence-electron chi connectivity index (χ2n) is 4.39. The number of hydrogen-bond acceptors (Lipinski definition) is 8. The monoisotopic (exact) mass is 379 g/mol. The number of halogens is 1. The number of fused-ring (bicyclic) bond motifs is 1. The summed E-state index contributed by atoms with van der Waals surface area (Å²) in [6.07, 6.45) is 0. The van der Waals surface area contributed by atoms with Gasteiger partial charge < -0.3 is 5.32 Å². The molecule has 0 aliphatic heterocycles. The van der Waals surface area contributed by atoms with Gasteiger partial charge in [-0.1, -0.05) is 15.9 Å². The predicted molar refractivity (Wildman–Crippen MR) is 82.5 cm³/mol. The van der Waals surface area contributed by atoms with E-state index in [1.807, 2.05) is 0 Å². The fraction of sp³-hybridized carbons (Fsp3) is 0. The van der Waals surface area contributed by atoms with Crippen LogP contribution in [0.5, 0.6) is 0 Å². The number of hydrogen-bond donors (Lipinski definition) is 1. The summed E-state index contributed by atoms with van der Waals surface area (Å²) in [5, 5.41) is 32.0. The topological polar surface area (TPSA) is 137 Å². The quantitative estimate of drug-likeness (QED) is 0.536. The minimum atomic E-state index is -0.613. The average molecular weight is 380 g/mol. The van der Waals surface area contributed by atoms with Crippen molar-refractivity contribution in [3.8, 4) is 0 Å². The lowest BCUT2D eigenvalue weighted by atomic mass is 10.2. The second kappa shape index (κ2) is 5.61. The molecule has 116 valence electrons. The van der Waals surface area contributed by atoms with Gasteiger partial charge in [-0.2, -0.15) is 0 Å². The van der Waals surface area contributed by atoms with Gasteiger partial charge in [-0.05, 0) is 28.5 Å². The molecule has 2 aromatic carbocycles. The fourth-order valence-electron chi connectivity index (χ4n) is 2.01. The highest BCUT2D eigenvalue weighted by atomic mass is 79.9. The Labute approximate surface area is 135 Å². The zero-order valence-corrected chi connectivity index (χ0v) is 12.7. The van der Waals surface area contributed by atoms with Crippen molar-refractivity contribution in [1.82, 2.24) is 10.3 Å². The van der Waals surface area contributed by atoms with E-state index in [0.717, 1.165) is 0 Å². The number of aromatic nitrogens is 2. The maximum atomic E-state index is 11.1. The fourth-order valence-corrected chi connectivity index (χ4v) is 2.36. The molecular weight excluding hydrogens is 374 g/mol. The molecule has 3 aromatic rings. The molecule has 0 spiro atoms. The molecule has 0 radical (unpaired) electrons. The van der Waals surface area contributed by atoms with Crippen molar-refractivity contribution in [3.63, 3.8) is 0 Å². The van der Waals surface area contributed by atoms with Crippen molar-refractivity contribution in [2.45, 2.75) is 0 Å². The standard InChI is InChI=1S/C12H6BrN5O5/c13-6-1-2-7(10(5-6)18(21)22)14-8-3-4-9(17(19)20)12-11(8)15-23-16-12/h1-5,14H. The van der Waals surface area contributed by atoms with Crippen LogP contribution >= 0.6 is 15.9 Å². The highest BCUT2D eigenvalue weighted by Gasteiger charge is 2.21. The molecule has 0 bridgehead atoms. The van der Waals surface area contributed by atoms with Crippen molar-refractivity contribution in [2.24, 2.45) is 0 Å². The van der Waals surface area contributed by atoms with E-state index in [9.17, 15) is 20.2 Å². The summed E-state index contributed by atoms with van der Waals surface area (Å²) >= 11 is 3.16. The third-order valence-corrected chi connectivity index (χ3v) is 3.51. The number of benzene rings is 2. The first kappa shape index (κ1) is 14.8. The van der Waals surface area contributed by atoms with Crippen LogP contribution in [0.25, 0.3) is 11.0 Å². The molecular formula is C12H6BrN5O5. The first-order valence-electron chi connectivity index (χ1n) is 6.08. The number of nitro groups is 2. The molecule has 0 atom stereocenters. The van der Waals surface area contributed by atoms with Crippen LogP contribution in [0.4, 0.5) is 22.7 Å². The summed E-state index contributed by atoms with van der Waals surface area (Å²) in [6, 6.07) is 7.07. The van der Waals surface area contributed by atoms with E-state index < -0.39 is 9.85 Å². The largest absolute Gasteiger partial charge is 0.348 e. The summed E-state index contributed by atoms with van der Waals surface area (Å²) < 4.78 is 5.09. The lowest BCUT2D eigenvalue weighted by molar-refractivity contribution is -0.384. The SMILES string of the molecule is O=[N+]([O-])c1cc(Br)ccc1Nc1ccc([N+](=O)[O-])c2nonc12. The Morgan fingerprint density at radius 1 is 0.957 bits per heavy atom. The van der Waals surface area contributed by atoms with Crippen LogP contribution in [-0.4, -0.2) is 20.2 Å². The highest BCUT2D eigenvalue weighted by Crippen LogP contribution is 2.34. The molecule has 1 aromatic heterocycles. The molecule has 1 N–H and O–H groups in total. The minimum absolute atomic E-state index is 0.0419. The van der Waals surface area contributed by atoms with Gasteiger partial charge in [0, 0.05) is 16.6 Å². The van der Waals surface area contributed by atoms with Crippen molar-refractivity contribution in [3.05, 3.63) is 55.0 Å². The van der Waals surface area contributed by atoms with E-state index in [2.05, 4.69) is 36.2 Å². The number of anilines is 2. The number of rotatable bonds is 4. The van der Waals surface area contributed by atoms with E-state index in [-0.39, 0.29) is 28.1 Å². The first-order valence-corrected chi connectivity index (χ1v) is 6.87. The third-order valence-electron chi connectivity index (χ3n) is 3.02. The van der Waals surface area contributed by atoms with E-state index >= 15 is 0 Å². The molecule has 23 heavy (non-hydrogen) atoms. The smallest absolute Gasteiger partial charge is 0.300 e. The Hall–Kier alpha value is -3.08. The van der Waals surface area contributed by atoms with Gasteiger partial charge in [-0.3, -0.25) is 20.2 Å². The molecule has 0 saturated carbocycles.